The molecule has 0 aromatic heterocycles. The Morgan fingerprint density at radius 3 is 2.33 bits per heavy atom. The van der Waals surface area contributed by atoms with Crippen LogP contribution in [-0.4, -0.2) is 11.3 Å². The summed E-state index contributed by atoms with van der Waals surface area (Å²) >= 11 is 5.44. The number of hydrogen-bond acceptors (Lipinski definition) is 2. The molecule has 0 fully saturated rings. The number of alkyl halides is 1. The number of carboxylic acids is 1. The van der Waals surface area contributed by atoms with Crippen LogP contribution in [0.2, 0.25) is 0 Å². The zero-order valence-corrected chi connectivity index (χ0v) is 8.44. The van der Waals surface area contributed by atoms with E-state index in [0.29, 0.717) is 6.42 Å². The molecule has 0 heterocycles. The first-order valence-corrected chi connectivity index (χ1v) is 2.94. The van der Waals surface area contributed by atoms with Crippen LogP contribution in [0.1, 0.15) is 19.8 Å². The predicted octanol–water partition coefficient (Wildman–Crippen LogP) is -2.85. The summed E-state index contributed by atoms with van der Waals surface area (Å²) in [6.07, 6.45) is 0.633. The van der Waals surface area contributed by atoms with Gasteiger partial charge in [0.2, 0.25) is 0 Å². The van der Waals surface area contributed by atoms with Crippen molar-refractivity contribution in [3.63, 3.8) is 0 Å². The van der Waals surface area contributed by atoms with E-state index >= 15 is 0 Å². The predicted molar refractivity (Wildman–Crippen MR) is 29.6 cm³/mol. The topological polar surface area (TPSA) is 40.1 Å². The van der Waals surface area contributed by atoms with Gasteiger partial charge in [-0.25, -0.2) is 0 Å². The van der Waals surface area contributed by atoms with E-state index in [4.69, 9.17) is 11.6 Å². The third-order valence-electron chi connectivity index (χ3n) is 0.831. The van der Waals surface area contributed by atoms with Crippen LogP contribution in [0.5, 0.6) is 0 Å². The fraction of sp³-hybridized carbons (Fsp3) is 0.800. The van der Waals surface area contributed by atoms with Crippen molar-refractivity contribution in [2.45, 2.75) is 25.1 Å². The first-order valence-electron chi connectivity index (χ1n) is 2.50. The first-order chi connectivity index (χ1) is 3.66. The summed E-state index contributed by atoms with van der Waals surface area (Å²) in [4.78, 5) is 9.77. The molecule has 0 aliphatic carbocycles. The number of carboxylic acid groups (broad SMARTS) is 1. The number of halogens is 1. The van der Waals surface area contributed by atoms with E-state index in [-0.39, 0.29) is 41.4 Å². The van der Waals surface area contributed by atoms with Gasteiger partial charge in [0.25, 0.3) is 0 Å². The summed E-state index contributed by atoms with van der Waals surface area (Å²) in [6.45, 7) is 1.83. The van der Waals surface area contributed by atoms with E-state index in [2.05, 4.69) is 0 Å². The monoisotopic (exact) mass is 158 g/mol. The van der Waals surface area contributed by atoms with E-state index < -0.39 is 5.97 Å². The molecule has 0 amide bonds. The molecular formula is C5H8ClNaO2. The molecule has 0 N–H and O–H groups in total. The van der Waals surface area contributed by atoms with Crippen LogP contribution in [0.25, 0.3) is 0 Å². The molecule has 0 aliphatic rings. The molecule has 0 aromatic rings. The van der Waals surface area contributed by atoms with Crippen molar-refractivity contribution in [3.8, 4) is 0 Å². The molecule has 0 spiro atoms. The van der Waals surface area contributed by atoms with Gasteiger partial charge in [-0.15, -0.1) is 11.6 Å². The minimum absolute atomic E-state index is 0. The summed E-state index contributed by atoms with van der Waals surface area (Å²) in [7, 11) is 0. The van der Waals surface area contributed by atoms with Gasteiger partial charge in [0, 0.05) is 17.8 Å². The van der Waals surface area contributed by atoms with E-state index in [9.17, 15) is 9.90 Å². The van der Waals surface area contributed by atoms with Gasteiger partial charge < -0.3 is 9.90 Å². The van der Waals surface area contributed by atoms with Crippen LogP contribution in [0.4, 0.5) is 0 Å². The van der Waals surface area contributed by atoms with Gasteiger partial charge in [-0.2, -0.15) is 0 Å². The van der Waals surface area contributed by atoms with E-state index in [1.807, 2.05) is 6.92 Å². The number of hydrogen-bond donors (Lipinski definition) is 0. The SMILES string of the molecule is CCC(Cl)CC(=O)[O-].[Na+]. The molecule has 0 rings (SSSR count). The number of aliphatic carboxylic acids is 1. The molecule has 1 atom stereocenters. The first kappa shape index (κ1) is 12.4. The molecular weight excluding hydrogens is 150 g/mol. The number of rotatable bonds is 3. The standard InChI is InChI=1S/C5H9ClO2.Na/c1-2-4(6)3-5(7)8;/h4H,2-3H2,1H3,(H,7,8);/q;+1/p-1. The van der Waals surface area contributed by atoms with E-state index in [0.717, 1.165) is 0 Å². The van der Waals surface area contributed by atoms with Crippen molar-refractivity contribution >= 4 is 17.6 Å². The number of carbonyl (C=O) groups excluding carboxylic acids is 1. The Morgan fingerprint density at radius 1 is 1.78 bits per heavy atom. The fourth-order valence-electron chi connectivity index (χ4n) is 0.325. The minimum Gasteiger partial charge on any atom is -0.550 e. The van der Waals surface area contributed by atoms with E-state index in [1.54, 1.807) is 0 Å². The molecule has 0 bridgehead atoms. The van der Waals surface area contributed by atoms with Gasteiger partial charge in [-0.05, 0) is 6.42 Å². The second kappa shape index (κ2) is 6.87. The Labute approximate surface area is 81.9 Å². The third-order valence-corrected chi connectivity index (χ3v) is 1.29. The Hall–Kier alpha value is 0.760. The van der Waals surface area contributed by atoms with Crippen molar-refractivity contribution in [2.75, 3.05) is 0 Å². The van der Waals surface area contributed by atoms with Gasteiger partial charge in [0.15, 0.2) is 0 Å². The van der Waals surface area contributed by atoms with Crippen molar-refractivity contribution in [1.82, 2.24) is 0 Å². The third kappa shape index (κ3) is 8.76. The zero-order chi connectivity index (χ0) is 6.57. The van der Waals surface area contributed by atoms with Gasteiger partial charge in [0.1, 0.15) is 0 Å². The molecule has 48 valence electrons. The molecule has 9 heavy (non-hydrogen) atoms. The van der Waals surface area contributed by atoms with Crippen molar-refractivity contribution in [2.24, 2.45) is 0 Å². The molecule has 4 heteroatoms. The summed E-state index contributed by atoms with van der Waals surface area (Å²) in [5, 5.41) is 9.51. The van der Waals surface area contributed by atoms with Crippen LogP contribution < -0.4 is 34.7 Å². The van der Waals surface area contributed by atoms with Crippen LogP contribution in [0.3, 0.4) is 0 Å². The molecule has 0 saturated carbocycles. The Bertz CT molecular complexity index is 87.0. The largest absolute Gasteiger partial charge is 1.00 e. The Kier molecular flexibility index (Phi) is 9.50. The second-order valence-corrected chi connectivity index (χ2v) is 2.20. The maximum Gasteiger partial charge on any atom is 1.00 e. The van der Waals surface area contributed by atoms with E-state index in [1.165, 1.54) is 0 Å². The van der Waals surface area contributed by atoms with Crippen molar-refractivity contribution < 1.29 is 39.5 Å². The summed E-state index contributed by atoms with van der Waals surface area (Å²) in [5.41, 5.74) is 0. The van der Waals surface area contributed by atoms with Crippen molar-refractivity contribution in [3.05, 3.63) is 0 Å². The Balaban J connectivity index is 0. The molecule has 0 aliphatic heterocycles. The maximum atomic E-state index is 9.77. The molecule has 1 unspecified atom stereocenters. The molecule has 2 nitrogen and oxygen atoms in total. The van der Waals surface area contributed by atoms with Gasteiger partial charge in [0.05, 0.1) is 0 Å². The molecule has 0 aromatic carbocycles. The van der Waals surface area contributed by atoms with Gasteiger partial charge >= 0.3 is 29.6 Å². The second-order valence-electron chi connectivity index (χ2n) is 1.58. The molecule has 0 radical (unpaired) electrons. The fourth-order valence-corrected chi connectivity index (χ4v) is 0.451. The van der Waals surface area contributed by atoms with Gasteiger partial charge in [-0.3, -0.25) is 0 Å². The van der Waals surface area contributed by atoms with Crippen molar-refractivity contribution in [1.29, 1.82) is 0 Å². The summed E-state index contributed by atoms with van der Waals surface area (Å²) in [6, 6.07) is 0. The van der Waals surface area contributed by atoms with Crippen LogP contribution in [0.15, 0.2) is 0 Å². The maximum absolute atomic E-state index is 9.77. The van der Waals surface area contributed by atoms with Crippen LogP contribution >= 0.6 is 11.6 Å². The summed E-state index contributed by atoms with van der Waals surface area (Å²) in [5.74, 6) is -1.08. The quantitative estimate of drug-likeness (QED) is 0.328. The normalized spacial score (nSPS) is 11.8. The van der Waals surface area contributed by atoms with Crippen LogP contribution in [0, 0.1) is 0 Å². The van der Waals surface area contributed by atoms with Gasteiger partial charge in [-0.1, -0.05) is 6.92 Å². The average molecular weight is 159 g/mol. The van der Waals surface area contributed by atoms with Crippen LogP contribution in [-0.2, 0) is 4.79 Å². The zero-order valence-electron chi connectivity index (χ0n) is 5.69. The Morgan fingerprint density at radius 2 is 2.22 bits per heavy atom. The average Bonchev–Trinajstić information content (AvgIpc) is 1.65. The number of carbonyl (C=O) groups is 1. The summed E-state index contributed by atoms with van der Waals surface area (Å²) < 4.78 is 0. The molecule has 0 saturated heterocycles. The minimum atomic E-state index is -1.08. The smallest absolute Gasteiger partial charge is 0.550 e.